The fraction of sp³-hybridized carbons (Fsp3) is 0.143. The van der Waals surface area contributed by atoms with E-state index < -0.39 is 12.7 Å². The zero-order valence-corrected chi connectivity index (χ0v) is 8.94. The lowest BCUT2D eigenvalue weighted by Gasteiger charge is -2.09. The average Bonchev–Trinajstić information content (AvgIpc) is 2.39. The highest BCUT2D eigenvalue weighted by Crippen LogP contribution is 2.22. The summed E-state index contributed by atoms with van der Waals surface area (Å²) in [5.74, 6) is 0. The molecule has 0 aliphatic heterocycles. The van der Waals surface area contributed by atoms with Crippen LogP contribution in [0.2, 0.25) is 0 Å². The van der Waals surface area contributed by atoms with Crippen LogP contribution in [0.4, 0.5) is 4.39 Å². The highest BCUT2D eigenvalue weighted by atomic mass is 19.1. The van der Waals surface area contributed by atoms with E-state index in [1.165, 1.54) is 0 Å². The first kappa shape index (κ1) is 10.8. The molecule has 2 heteroatoms. The van der Waals surface area contributed by atoms with Gasteiger partial charge in [0.1, 0.15) is 6.67 Å². The van der Waals surface area contributed by atoms with Crippen LogP contribution in [0.1, 0.15) is 11.6 Å². The van der Waals surface area contributed by atoms with Gasteiger partial charge in [-0.2, -0.15) is 0 Å². The minimum absolute atomic E-state index is 0.524. The van der Waals surface area contributed by atoms with E-state index in [0.717, 1.165) is 16.7 Å². The molecule has 0 fully saturated rings. The van der Waals surface area contributed by atoms with E-state index in [-0.39, 0.29) is 0 Å². The van der Waals surface area contributed by atoms with Gasteiger partial charge in [-0.25, -0.2) is 4.39 Å². The maximum absolute atomic E-state index is 12.5. The van der Waals surface area contributed by atoms with Gasteiger partial charge in [0.15, 0.2) is 0 Å². The number of alkyl halides is 1. The Hall–Kier alpha value is -1.67. The predicted molar refractivity (Wildman–Crippen MR) is 64.8 cm³/mol. The number of nitrogens with two attached hydrogens (primary N) is 1. The fourth-order valence-electron chi connectivity index (χ4n) is 1.67. The maximum atomic E-state index is 12.5. The third-order valence-electron chi connectivity index (χ3n) is 2.59. The fourth-order valence-corrected chi connectivity index (χ4v) is 1.67. The zero-order chi connectivity index (χ0) is 11.4. The van der Waals surface area contributed by atoms with Crippen LogP contribution in [-0.4, -0.2) is 6.67 Å². The summed E-state index contributed by atoms with van der Waals surface area (Å²) in [6.07, 6.45) is 0. The summed E-state index contributed by atoms with van der Waals surface area (Å²) in [6.45, 7) is -0.530. The molecule has 2 N–H and O–H groups in total. The Balaban J connectivity index is 2.36. The van der Waals surface area contributed by atoms with Crippen molar-refractivity contribution in [1.82, 2.24) is 0 Å². The molecule has 2 aromatic carbocycles. The van der Waals surface area contributed by atoms with E-state index in [1.807, 2.05) is 54.6 Å². The van der Waals surface area contributed by atoms with Gasteiger partial charge >= 0.3 is 0 Å². The molecule has 1 atom stereocenters. The normalized spacial score (nSPS) is 12.4. The van der Waals surface area contributed by atoms with Gasteiger partial charge in [0.25, 0.3) is 0 Å². The summed E-state index contributed by atoms with van der Waals surface area (Å²) in [5, 5.41) is 0. The molecule has 0 bridgehead atoms. The molecule has 2 aromatic rings. The van der Waals surface area contributed by atoms with Crippen molar-refractivity contribution in [3.63, 3.8) is 0 Å². The third kappa shape index (κ3) is 2.28. The SMILES string of the molecule is NC(CF)c1cccc(-c2ccccc2)c1. The smallest absolute Gasteiger partial charge is 0.109 e. The highest BCUT2D eigenvalue weighted by Gasteiger charge is 2.06. The van der Waals surface area contributed by atoms with Gasteiger partial charge in [0.05, 0.1) is 6.04 Å². The zero-order valence-electron chi connectivity index (χ0n) is 8.94. The average molecular weight is 215 g/mol. The molecule has 16 heavy (non-hydrogen) atoms. The number of halogens is 1. The van der Waals surface area contributed by atoms with E-state index in [2.05, 4.69) is 0 Å². The summed E-state index contributed by atoms with van der Waals surface area (Å²) < 4.78 is 12.5. The van der Waals surface area contributed by atoms with Crippen molar-refractivity contribution in [3.8, 4) is 11.1 Å². The Labute approximate surface area is 94.7 Å². The van der Waals surface area contributed by atoms with Crippen molar-refractivity contribution in [1.29, 1.82) is 0 Å². The number of hydrogen-bond donors (Lipinski definition) is 1. The van der Waals surface area contributed by atoms with Crippen molar-refractivity contribution < 1.29 is 4.39 Å². The van der Waals surface area contributed by atoms with Crippen molar-refractivity contribution in [2.45, 2.75) is 6.04 Å². The number of rotatable bonds is 3. The molecule has 82 valence electrons. The minimum atomic E-state index is -0.530. The minimum Gasteiger partial charge on any atom is -0.322 e. The van der Waals surface area contributed by atoms with Crippen LogP contribution in [-0.2, 0) is 0 Å². The third-order valence-corrected chi connectivity index (χ3v) is 2.59. The molecular weight excluding hydrogens is 201 g/mol. The second-order valence-electron chi connectivity index (χ2n) is 3.75. The molecule has 0 spiro atoms. The second-order valence-corrected chi connectivity index (χ2v) is 3.75. The molecule has 0 radical (unpaired) electrons. The largest absolute Gasteiger partial charge is 0.322 e. The van der Waals surface area contributed by atoms with Crippen molar-refractivity contribution in [2.24, 2.45) is 5.73 Å². The summed E-state index contributed by atoms with van der Waals surface area (Å²) in [7, 11) is 0. The van der Waals surface area contributed by atoms with Gasteiger partial charge in [0.2, 0.25) is 0 Å². The van der Waals surface area contributed by atoms with E-state index in [1.54, 1.807) is 0 Å². The van der Waals surface area contributed by atoms with Crippen LogP contribution in [0, 0.1) is 0 Å². The molecule has 0 aromatic heterocycles. The van der Waals surface area contributed by atoms with Gasteiger partial charge in [-0.1, -0.05) is 48.5 Å². The summed E-state index contributed by atoms with van der Waals surface area (Å²) in [5.41, 5.74) is 8.70. The van der Waals surface area contributed by atoms with E-state index >= 15 is 0 Å². The monoisotopic (exact) mass is 215 g/mol. The van der Waals surface area contributed by atoms with E-state index in [0.29, 0.717) is 0 Å². The molecule has 0 aliphatic rings. The van der Waals surface area contributed by atoms with Gasteiger partial charge < -0.3 is 5.73 Å². The van der Waals surface area contributed by atoms with Crippen LogP contribution < -0.4 is 5.73 Å². The van der Waals surface area contributed by atoms with Crippen molar-refractivity contribution >= 4 is 0 Å². The van der Waals surface area contributed by atoms with Gasteiger partial charge in [0, 0.05) is 0 Å². The first-order valence-corrected chi connectivity index (χ1v) is 5.28. The molecular formula is C14H14FN. The van der Waals surface area contributed by atoms with Crippen LogP contribution in [0.5, 0.6) is 0 Å². The summed E-state index contributed by atoms with van der Waals surface area (Å²) >= 11 is 0. The predicted octanol–water partition coefficient (Wildman–Crippen LogP) is 3.32. The standard InChI is InChI=1S/C14H14FN/c15-10-14(16)13-8-4-7-12(9-13)11-5-2-1-3-6-11/h1-9,14H,10,16H2. The second kappa shape index (κ2) is 4.90. The summed E-state index contributed by atoms with van der Waals surface area (Å²) in [6, 6.07) is 17.2. The number of hydrogen-bond acceptors (Lipinski definition) is 1. The molecule has 0 amide bonds. The molecule has 0 saturated heterocycles. The van der Waals surface area contributed by atoms with Crippen LogP contribution in [0.3, 0.4) is 0 Å². The lowest BCUT2D eigenvalue weighted by Crippen LogP contribution is -2.11. The molecule has 0 heterocycles. The Bertz CT molecular complexity index is 453. The summed E-state index contributed by atoms with van der Waals surface area (Å²) in [4.78, 5) is 0. The van der Waals surface area contributed by atoms with Gasteiger partial charge in [-0.15, -0.1) is 0 Å². The molecule has 0 saturated carbocycles. The maximum Gasteiger partial charge on any atom is 0.109 e. The molecule has 2 rings (SSSR count). The van der Waals surface area contributed by atoms with E-state index in [4.69, 9.17) is 5.73 Å². The van der Waals surface area contributed by atoms with Crippen molar-refractivity contribution in [2.75, 3.05) is 6.67 Å². The quantitative estimate of drug-likeness (QED) is 0.835. The Morgan fingerprint density at radius 2 is 1.62 bits per heavy atom. The van der Waals surface area contributed by atoms with E-state index in [9.17, 15) is 4.39 Å². The van der Waals surface area contributed by atoms with Gasteiger partial charge in [-0.05, 0) is 22.8 Å². The Morgan fingerprint density at radius 1 is 0.938 bits per heavy atom. The first-order chi connectivity index (χ1) is 7.81. The highest BCUT2D eigenvalue weighted by molar-refractivity contribution is 5.64. The first-order valence-electron chi connectivity index (χ1n) is 5.28. The Kier molecular flexibility index (Phi) is 3.32. The topological polar surface area (TPSA) is 26.0 Å². The van der Waals surface area contributed by atoms with Crippen LogP contribution in [0.15, 0.2) is 54.6 Å². The molecule has 0 aliphatic carbocycles. The molecule has 1 nitrogen and oxygen atoms in total. The Morgan fingerprint density at radius 3 is 2.31 bits per heavy atom. The molecule has 1 unspecified atom stereocenters. The van der Waals surface area contributed by atoms with Crippen LogP contribution in [0.25, 0.3) is 11.1 Å². The van der Waals surface area contributed by atoms with Gasteiger partial charge in [-0.3, -0.25) is 0 Å². The lowest BCUT2D eigenvalue weighted by molar-refractivity contribution is 0.437. The van der Waals surface area contributed by atoms with Crippen molar-refractivity contribution in [3.05, 3.63) is 60.2 Å². The lowest BCUT2D eigenvalue weighted by atomic mass is 10.0. The number of benzene rings is 2. The van der Waals surface area contributed by atoms with Crippen LogP contribution >= 0.6 is 0 Å².